The highest BCUT2D eigenvalue weighted by atomic mass is 32.2. The summed E-state index contributed by atoms with van der Waals surface area (Å²) >= 11 is 0. The fraction of sp³-hybridized carbons (Fsp3) is 0.333. The maximum absolute atomic E-state index is 11.8. The van der Waals surface area contributed by atoms with E-state index in [1.54, 1.807) is 12.3 Å². The molecule has 0 aliphatic carbocycles. The quantitative estimate of drug-likeness (QED) is 0.557. The molecule has 1 aromatic heterocycles. The van der Waals surface area contributed by atoms with Crippen LogP contribution in [0.5, 0.6) is 0 Å². The van der Waals surface area contributed by atoms with Gasteiger partial charge >= 0.3 is 0 Å². The van der Waals surface area contributed by atoms with E-state index in [0.29, 0.717) is 12.8 Å². The molecule has 2 rings (SSSR count). The molecular formula is C15H19N3O5S. The van der Waals surface area contributed by atoms with E-state index in [0.717, 1.165) is 11.8 Å². The smallest absolute Gasteiger partial charge is 0.293 e. The Hall–Kier alpha value is -2.39. The number of aryl methyl sites for hydroxylation is 1. The average Bonchev–Trinajstić information content (AvgIpc) is 3.06. The minimum atomic E-state index is -3.73. The van der Waals surface area contributed by atoms with Gasteiger partial charge in [0.25, 0.3) is 5.69 Å². The third-order valence-corrected chi connectivity index (χ3v) is 4.96. The average molecular weight is 353 g/mol. The standard InChI is InChI=1S/C15H19N3O5S/c1-11(5-6-12-4-3-9-23-12)17-14-8-7-13(24(21,22)16-2)10-15(14)18(19)20/h3-4,7-11,16-17H,5-6H2,1-2H3/t11-/m0/s1. The summed E-state index contributed by atoms with van der Waals surface area (Å²) in [7, 11) is -2.48. The molecule has 2 aromatic rings. The van der Waals surface area contributed by atoms with Crippen molar-refractivity contribution in [3.8, 4) is 0 Å². The summed E-state index contributed by atoms with van der Waals surface area (Å²) in [5, 5.41) is 14.3. The fourth-order valence-corrected chi connectivity index (χ4v) is 2.97. The van der Waals surface area contributed by atoms with Crippen molar-refractivity contribution in [2.24, 2.45) is 0 Å². The number of hydrogen-bond acceptors (Lipinski definition) is 6. The number of nitrogens with one attached hydrogen (secondary N) is 2. The first-order valence-electron chi connectivity index (χ1n) is 7.34. The van der Waals surface area contributed by atoms with E-state index >= 15 is 0 Å². The van der Waals surface area contributed by atoms with Crippen LogP contribution in [0.25, 0.3) is 0 Å². The number of nitro benzene ring substituents is 1. The lowest BCUT2D eigenvalue weighted by atomic mass is 10.1. The van der Waals surface area contributed by atoms with Crippen LogP contribution in [-0.4, -0.2) is 26.4 Å². The van der Waals surface area contributed by atoms with Gasteiger partial charge in [-0.15, -0.1) is 0 Å². The zero-order valence-corrected chi connectivity index (χ0v) is 14.2. The van der Waals surface area contributed by atoms with Crippen molar-refractivity contribution in [1.82, 2.24) is 4.72 Å². The molecule has 0 fully saturated rings. The van der Waals surface area contributed by atoms with Gasteiger partial charge in [0.05, 0.1) is 16.1 Å². The fourth-order valence-electron chi connectivity index (χ4n) is 2.22. The van der Waals surface area contributed by atoms with Crippen molar-refractivity contribution in [1.29, 1.82) is 0 Å². The van der Waals surface area contributed by atoms with Crippen molar-refractivity contribution in [2.45, 2.75) is 30.7 Å². The highest BCUT2D eigenvalue weighted by molar-refractivity contribution is 7.89. The minimum Gasteiger partial charge on any atom is -0.469 e. The Morgan fingerprint density at radius 2 is 2.08 bits per heavy atom. The van der Waals surface area contributed by atoms with Gasteiger partial charge in [0.1, 0.15) is 11.4 Å². The summed E-state index contributed by atoms with van der Waals surface area (Å²) in [5.74, 6) is 0.841. The molecule has 0 aliphatic heterocycles. The van der Waals surface area contributed by atoms with Gasteiger partial charge in [-0.3, -0.25) is 10.1 Å². The van der Waals surface area contributed by atoms with Crippen LogP contribution in [0, 0.1) is 10.1 Å². The minimum absolute atomic E-state index is 0.0550. The Morgan fingerprint density at radius 1 is 1.33 bits per heavy atom. The molecule has 2 N–H and O–H groups in total. The summed E-state index contributed by atoms with van der Waals surface area (Å²) in [5.41, 5.74) is -0.00169. The lowest BCUT2D eigenvalue weighted by Crippen LogP contribution is -2.20. The van der Waals surface area contributed by atoms with Crippen LogP contribution < -0.4 is 10.0 Å². The Kier molecular flexibility index (Phi) is 5.58. The molecule has 24 heavy (non-hydrogen) atoms. The van der Waals surface area contributed by atoms with Gasteiger partial charge in [-0.05, 0) is 44.7 Å². The monoisotopic (exact) mass is 353 g/mol. The number of nitro groups is 1. The van der Waals surface area contributed by atoms with Crippen molar-refractivity contribution in [3.63, 3.8) is 0 Å². The number of sulfonamides is 1. The first-order valence-corrected chi connectivity index (χ1v) is 8.82. The Balaban J connectivity index is 2.15. The molecule has 0 saturated heterocycles. The van der Waals surface area contributed by atoms with Crippen LogP contribution in [-0.2, 0) is 16.4 Å². The van der Waals surface area contributed by atoms with Crippen molar-refractivity contribution < 1.29 is 17.8 Å². The second-order valence-electron chi connectivity index (χ2n) is 5.31. The van der Waals surface area contributed by atoms with Crippen molar-refractivity contribution in [3.05, 3.63) is 52.5 Å². The van der Waals surface area contributed by atoms with E-state index in [1.165, 1.54) is 19.2 Å². The lowest BCUT2D eigenvalue weighted by molar-refractivity contribution is -0.384. The van der Waals surface area contributed by atoms with Crippen LogP contribution in [0.2, 0.25) is 0 Å². The molecule has 0 spiro atoms. The van der Waals surface area contributed by atoms with Gasteiger partial charge in [0.15, 0.2) is 0 Å². The Labute approximate surface area is 140 Å². The van der Waals surface area contributed by atoms with Crippen LogP contribution in [0.4, 0.5) is 11.4 Å². The SMILES string of the molecule is CNS(=O)(=O)c1ccc(N[C@@H](C)CCc2ccco2)c([N+](=O)[O-])c1. The topological polar surface area (TPSA) is 114 Å². The zero-order valence-electron chi connectivity index (χ0n) is 13.4. The zero-order chi connectivity index (χ0) is 17.7. The number of hydrogen-bond donors (Lipinski definition) is 2. The summed E-state index contributed by atoms with van der Waals surface area (Å²) in [6.07, 6.45) is 3.00. The van der Waals surface area contributed by atoms with Gasteiger partial charge in [0.2, 0.25) is 10.0 Å². The van der Waals surface area contributed by atoms with Gasteiger partial charge < -0.3 is 9.73 Å². The first kappa shape index (κ1) is 18.0. The van der Waals surface area contributed by atoms with E-state index in [1.807, 2.05) is 13.0 Å². The van der Waals surface area contributed by atoms with Crippen LogP contribution >= 0.6 is 0 Å². The molecule has 1 atom stereocenters. The lowest BCUT2D eigenvalue weighted by Gasteiger charge is -2.15. The van der Waals surface area contributed by atoms with Crippen LogP contribution in [0.1, 0.15) is 19.1 Å². The molecule has 0 saturated carbocycles. The molecule has 130 valence electrons. The van der Waals surface area contributed by atoms with E-state index in [4.69, 9.17) is 4.42 Å². The van der Waals surface area contributed by atoms with Gasteiger partial charge in [0, 0.05) is 18.5 Å². The maximum Gasteiger partial charge on any atom is 0.293 e. The molecule has 8 nitrogen and oxygen atoms in total. The molecule has 1 heterocycles. The first-order chi connectivity index (χ1) is 11.3. The largest absolute Gasteiger partial charge is 0.469 e. The molecule has 0 aliphatic rings. The molecule has 0 bridgehead atoms. The van der Waals surface area contributed by atoms with E-state index in [-0.39, 0.29) is 22.3 Å². The second-order valence-corrected chi connectivity index (χ2v) is 7.19. The predicted octanol–water partition coefficient (Wildman–Crippen LogP) is 2.53. The number of furan rings is 1. The molecule has 0 radical (unpaired) electrons. The second kappa shape index (κ2) is 7.45. The number of benzene rings is 1. The summed E-state index contributed by atoms with van der Waals surface area (Å²) in [6.45, 7) is 1.89. The number of nitrogens with zero attached hydrogens (tertiary/aromatic N) is 1. The molecule has 9 heteroatoms. The molecular weight excluding hydrogens is 334 g/mol. The highest BCUT2D eigenvalue weighted by Crippen LogP contribution is 2.28. The van der Waals surface area contributed by atoms with E-state index in [9.17, 15) is 18.5 Å². The number of rotatable bonds is 8. The Morgan fingerprint density at radius 3 is 2.67 bits per heavy atom. The third-order valence-electron chi connectivity index (χ3n) is 3.55. The summed E-state index contributed by atoms with van der Waals surface area (Å²) in [6, 6.07) is 7.41. The Bertz CT molecular complexity index is 803. The van der Waals surface area contributed by atoms with Crippen LogP contribution in [0.3, 0.4) is 0 Å². The van der Waals surface area contributed by atoms with Gasteiger partial charge in [-0.2, -0.15) is 0 Å². The number of anilines is 1. The van der Waals surface area contributed by atoms with Crippen molar-refractivity contribution >= 4 is 21.4 Å². The normalized spacial score (nSPS) is 12.8. The summed E-state index contributed by atoms with van der Waals surface area (Å²) < 4.78 is 30.9. The third kappa shape index (κ3) is 4.33. The molecule has 0 amide bonds. The molecule has 1 aromatic carbocycles. The van der Waals surface area contributed by atoms with E-state index in [2.05, 4.69) is 10.0 Å². The van der Waals surface area contributed by atoms with E-state index < -0.39 is 14.9 Å². The van der Waals surface area contributed by atoms with Crippen LogP contribution in [0.15, 0.2) is 45.9 Å². The summed E-state index contributed by atoms with van der Waals surface area (Å²) in [4.78, 5) is 10.5. The molecule has 0 unspecified atom stereocenters. The maximum atomic E-state index is 11.8. The highest BCUT2D eigenvalue weighted by Gasteiger charge is 2.21. The van der Waals surface area contributed by atoms with Crippen molar-refractivity contribution in [2.75, 3.05) is 12.4 Å². The van der Waals surface area contributed by atoms with Gasteiger partial charge in [-0.25, -0.2) is 13.1 Å². The predicted molar refractivity (Wildman–Crippen MR) is 89.5 cm³/mol. The van der Waals surface area contributed by atoms with Gasteiger partial charge in [-0.1, -0.05) is 0 Å².